The van der Waals surface area contributed by atoms with Crippen molar-refractivity contribution in [2.75, 3.05) is 26.3 Å². The first-order valence-electron chi connectivity index (χ1n) is 6.97. The van der Waals surface area contributed by atoms with Crippen molar-refractivity contribution in [1.82, 2.24) is 10.2 Å². The van der Waals surface area contributed by atoms with Crippen molar-refractivity contribution >= 4 is 21.8 Å². The molecule has 1 heterocycles. The van der Waals surface area contributed by atoms with E-state index in [0.717, 1.165) is 30.8 Å². The van der Waals surface area contributed by atoms with E-state index in [4.69, 9.17) is 4.74 Å². The number of halogens is 1. The van der Waals surface area contributed by atoms with Gasteiger partial charge in [0.15, 0.2) is 0 Å². The Labute approximate surface area is 128 Å². The van der Waals surface area contributed by atoms with Gasteiger partial charge in [-0.05, 0) is 41.9 Å². The van der Waals surface area contributed by atoms with Crippen molar-refractivity contribution in [1.29, 1.82) is 0 Å². The first-order valence-corrected chi connectivity index (χ1v) is 7.76. The maximum Gasteiger partial charge on any atom is 0.252 e. The molecule has 0 spiro atoms. The van der Waals surface area contributed by atoms with E-state index in [-0.39, 0.29) is 11.9 Å². The molecular formula is C15H21BrN2O2. The first kappa shape index (κ1) is 15.5. The highest BCUT2D eigenvalue weighted by molar-refractivity contribution is 9.10. The predicted octanol–water partition coefficient (Wildman–Crippen LogP) is 2.29. The number of rotatable bonds is 4. The summed E-state index contributed by atoms with van der Waals surface area (Å²) >= 11 is 3.41. The minimum atomic E-state index is -0.0370. The van der Waals surface area contributed by atoms with E-state index in [1.807, 2.05) is 24.3 Å². The number of morpholine rings is 1. The van der Waals surface area contributed by atoms with Crippen LogP contribution in [0.25, 0.3) is 0 Å². The van der Waals surface area contributed by atoms with Crippen LogP contribution in [0.4, 0.5) is 0 Å². The SMILES string of the molecule is C[C@@H](NC(=O)c1ccccc1Br)[C@H](C)N1CCOCC1. The predicted molar refractivity (Wildman–Crippen MR) is 82.9 cm³/mol. The van der Waals surface area contributed by atoms with Gasteiger partial charge in [0, 0.05) is 29.6 Å². The molecule has 1 aromatic rings. The average Bonchev–Trinajstić information content (AvgIpc) is 2.47. The van der Waals surface area contributed by atoms with Gasteiger partial charge >= 0.3 is 0 Å². The molecule has 5 heteroatoms. The molecule has 4 nitrogen and oxygen atoms in total. The van der Waals surface area contributed by atoms with Crippen molar-refractivity contribution in [3.63, 3.8) is 0 Å². The van der Waals surface area contributed by atoms with Crippen molar-refractivity contribution in [2.45, 2.75) is 25.9 Å². The maximum absolute atomic E-state index is 12.3. The van der Waals surface area contributed by atoms with Crippen LogP contribution < -0.4 is 5.32 Å². The summed E-state index contributed by atoms with van der Waals surface area (Å²) in [5.41, 5.74) is 0.675. The molecule has 20 heavy (non-hydrogen) atoms. The van der Waals surface area contributed by atoms with E-state index >= 15 is 0 Å². The molecule has 0 bridgehead atoms. The third-order valence-corrected chi connectivity index (χ3v) is 4.51. The van der Waals surface area contributed by atoms with Crippen LogP contribution in [0.1, 0.15) is 24.2 Å². The van der Waals surface area contributed by atoms with Gasteiger partial charge in [-0.1, -0.05) is 12.1 Å². The second kappa shape index (κ2) is 7.20. The van der Waals surface area contributed by atoms with E-state index in [1.165, 1.54) is 0 Å². The highest BCUT2D eigenvalue weighted by atomic mass is 79.9. The van der Waals surface area contributed by atoms with Crippen LogP contribution in [0.3, 0.4) is 0 Å². The van der Waals surface area contributed by atoms with E-state index in [1.54, 1.807) is 0 Å². The molecular weight excluding hydrogens is 320 g/mol. The van der Waals surface area contributed by atoms with Gasteiger partial charge in [0.1, 0.15) is 0 Å². The zero-order valence-corrected chi connectivity index (χ0v) is 13.5. The van der Waals surface area contributed by atoms with E-state index in [2.05, 4.69) is 40.0 Å². The molecule has 1 aromatic carbocycles. The fourth-order valence-corrected chi connectivity index (χ4v) is 2.82. The number of carbonyl (C=O) groups excluding carboxylic acids is 1. The Bertz CT molecular complexity index is 461. The van der Waals surface area contributed by atoms with Crippen LogP contribution in [-0.2, 0) is 4.74 Å². The van der Waals surface area contributed by atoms with Crippen LogP contribution in [0.2, 0.25) is 0 Å². The van der Waals surface area contributed by atoms with E-state index in [9.17, 15) is 4.79 Å². The number of hydrogen-bond acceptors (Lipinski definition) is 3. The summed E-state index contributed by atoms with van der Waals surface area (Å²) in [7, 11) is 0. The average molecular weight is 341 g/mol. The summed E-state index contributed by atoms with van der Waals surface area (Å²) in [5, 5.41) is 3.08. The lowest BCUT2D eigenvalue weighted by molar-refractivity contribution is 0.0137. The molecule has 1 saturated heterocycles. The van der Waals surface area contributed by atoms with Crippen LogP contribution in [-0.4, -0.2) is 49.2 Å². The molecule has 0 unspecified atom stereocenters. The van der Waals surface area contributed by atoms with Crippen molar-refractivity contribution < 1.29 is 9.53 Å². The smallest absolute Gasteiger partial charge is 0.252 e. The van der Waals surface area contributed by atoms with Gasteiger partial charge < -0.3 is 10.1 Å². The van der Waals surface area contributed by atoms with Crippen LogP contribution >= 0.6 is 15.9 Å². The van der Waals surface area contributed by atoms with Gasteiger partial charge in [-0.25, -0.2) is 0 Å². The topological polar surface area (TPSA) is 41.6 Å². The molecule has 1 amide bonds. The summed E-state index contributed by atoms with van der Waals surface area (Å²) in [6, 6.07) is 7.87. The second-order valence-electron chi connectivity index (χ2n) is 5.13. The largest absolute Gasteiger partial charge is 0.379 e. The lowest BCUT2D eigenvalue weighted by atomic mass is 10.1. The standard InChI is InChI=1S/C15H21BrN2O2/c1-11(12(2)18-7-9-20-10-8-18)17-15(19)13-5-3-4-6-14(13)16/h3-6,11-12H,7-10H2,1-2H3,(H,17,19)/t11-,12+/m1/s1. The van der Waals surface area contributed by atoms with Crippen LogP contribution in [0, 0.1) is 0 Å². The molecule has 110 valence electrons. The molecule has 2 atom stereocenters. The zero-order valence-electron chi connectivity index (χ0n) is 11.9. The summed E-state index contributed by atoms with van der Waals surface area (Å²) in [4.78, 5) is 14.6. The Kier molecular flexibility index (Phi) is 5.57. The minimum Gasteiger partial charge on any atom is -0.379 e. The Morgan fingerprint density at radius 3 is 2.60 bits per heavy atom. The van der Waals surface area contributed by atoms with Gasteiger partial charge in [0.2, 0.25) is 0 Å². The number of ether oxygens (including phenoxy) is 1. The number of amides is 1. The van der Waals surface area contributed by atoms with Crippen molar-refractivity contribution in [2.24, 2.45) is 0 Å². The molecule has 1 aliphatic rings. The third kappa shape index (κ3) is 3.81. The van der Waals surface area contributed by atoms with Gasteiger partial charge in [0.25, 0.3) is 5.91 Å². The fraction of sp³-hybridized carbons (Fsp3) is 0.533. The molecule has 1 N–H and O–H groups in total. The van der Waals surface area contributed by atoms with Crippen LogP contribution in [0.15, 0.2) is 28.7 Å². The Morgan fingerprint density at radius 1 is 1.30 bits per heavy atom. The number of carbonyl (C=O) groups is 1. The first-order chi connectivity index (χ1) is 9.59. The molecule has 0 saturated carbocycles. The van der Waals surface area contributed by atoms with E-state index in [0.29, 0.717) is 11.6 Å². The summed E-state index contributed by atoms with van der Waals surface area (Å²) in [6.45, 7) is 7.60. The summed E-state index contributed by atoms with van der Waals surface area (Å²) < 4.78 is 6.18. The Balaban J connectivity index is 1.95. The quantitative estimate of drug-likeness (QED) is 0.914. The van der Waals surface area contributed by atoms with Crippen LogP contribution in [0.5, 0.6) is 0 Å². The molecule has 0 aliphatic carbocycles. The minimum absolute atomic E-state index is 0.0370. The highest BCUT2D eigenvalue weighted by Crippen LogP contribution is 2.16. The van der Waals surface area contributed by atoms with Crippen molar-refractivity contribution in [3.8, 4) is 0 Å². The van der Waals surface area contributed by atoms with Gasteiger partial charge in [-0.3, -0.25) is 9.69 Å². The number of benzene rings is 1. The zero-order chi connectivity index (χ0) is 14.5. The maximum atomic E-state index is 12.3. The van der Waals surface area contributed by atoms with Gasteiger partial charge in [-0.2, -0.15) is 0 Å². The van der Waals surface area contributed by atoms with Gasteiger partial charge in [0.05, 0.1) is 18.8 Å². The normalized spacial score (nSPS) is 19.4. The number of nitrogens with one attached hydrogen (secondary N) is 1. The molecule has 0 radical (unpaired) electrons. The fourth-order valence-electron chi connectivity index (χ4n) is 2.35. The van der Waals surface area contributed by atoms with Crippen molar-refractivity contribution in [3.05, 3.63) is 34.3 Å². The molecule has 1 aliphatic heterocycles. The van der Waals surface area contributed by atoms with Gasteiger partial charge in [-0.15, -0.1) is 0 Å². The van der Waals surface area contributed by atoms with E-state index < -0.39 is 0 Å². The lowest BCUT2D eigenvalue weighted by Crippen LogP contribution is -2.52. The lowest BCUT2D eigenvalue weighted by Gasteiger charge is -2.35. The summed E-state index contributed by atoms with van der Waals surface area (Å²) in [5.74, 6) is -0.0370. The molecule has 2 rings (SSSR count). The highest BCUT2D eigenvalue weighted by Gasteiger charge is 2.23. The third-order valence-electron chi connectivity index (χ3n) is 3.82. The Morgan fingerprint density at radius 2 is 1.95 bits per heavy atom. The number of hydrogen-bond donors (Lipinski definition) is 1. The second-order valence-corrected chi connectivity index (χ2v) is 5.99. The Hall–Kier alpha value is -0.910. The monoisotopic (exact) mass is 340 g/mol. The summed E-state index contributed by atoms with van der Waals surface area (Å²) in [6.07, 6.45) is 0. The molecule has 0 aromatic heterocycles. The number of nitrogens with zero attached hydrogens (tertiary/aromatic N) is 1. The molecule has 1 fully saturated rings.